The summed E-state index contributed by atoms with van der Waals surface area (Å²) in [6, 6.07) is 13.8. The van der Waals surface area contributed by atoms with E-state index in [0.717, 1.165) is 16.5 Å². The highest BCUT2D eigenvalue weighted by atomic mass is 35.5. The van der Waals surface area contributed by atoms with Gasteiger partial charge in [0.1, 0.15) is 11.6 Å². The van der Waals surface area contributed by atoms with Crippen molar-refractivity contribution in [2.24, 2.45) is 0 Å². The Kier molecular flexibility index (Phi) is 7.26. The first-order chi connectivity index (χ1) is 15.1. The maximum Gasteiger partial charge on any atom is 0.408 e. The van der Waals surface area contributed by atoms with Gasteiger partial charge in [0.2, 0.25) is 0 Å². The smallest absolute Gasteiger partial charge is 0.408 e. The van der Waals surface area contributed by atoms with Crippen LogP contribution < -0.4 is 5.32 Å². The number of ether oxygens (including phenoxy) is 2. The molecule has 0 saturated heterocycles. The summed E-state index contributed by atoms with van der Waals surface area (Å²) in [7, 11) is 1.28. The molecule has 6 nitrogen and oxygen atoms in total. The molecule has 168 valence electrons. The molecule has 0 aliphatic rings. The van der Waals surface area contributed by atoms with Crippen LogP contribution in [0.2, 0.25) is 10.0 Å². The van der Waals surface area contributed by atoms with E-state index >= 15 is 0 Å². The summed E-state index contributed by atoms with van der Waals surface area (Å²) in [5, 5.41) is 4.50. The van der Waals surface area contributed by atoms with Gasteiger partial charge in [0.15, 0.2) is 0 Å². The molecule has 1 N–H and O–H groups in total. The van der Waals surface area contributed by atoms with Gasteiger partial charge >= 0.3 is 12.1 Å². The number of alkyl carbamates (subject to hydrolysis) is 1. The number of amides is 1. The van der Waals surface area contributed by atoms with Crippen molar-refractivity contribution in [3.63, 3.8) is 0 Å². The minimum absolute atomic E-state index is 0.236. The monoisotopic (exact) mass is 474 g/mol. The lowest BCUT2D eigenvalue weighted by Crippen LogP contribution is -2.45. The largest absolute Gasteiger partial charge is 0.467 e. The van der Waals surface area contributed by atoms with Gasteiger partial charge in [-0.1, -0.05) is 41.4 Å². The van der Waals surface area contributed by atoms with Crippen molar-refractivity contribution >= 4 is 46.2 Å². The predicted molar refractivity (Wildman–Crippen MR) is 126 cm³/mol. The average Bonchev–Trinajstić information content (AvgIpc) is 2.71. The standard InChI is InChI=1S/C24H24Cl2N2O4/c1-24(2,3)32-23(30)28-20(22(29)31-4)13-14-8-10-18-15(12-14)9-11-19(27-18)21-16(25)6-5-7-17(21)26/h5-12,20H,13H2,1-4H3,(H,28,30). The highest BCUT2D eigenvalue weighted by Gasteiger charge is 2.25. The summed E-state index contributed by atoms with van der Waals surface area (Å²) in [5.41, 5.74) is 2.24. The number of benzene rings is 2. The highest BCUT2D eigenvalue weighted by molar-refractivity contribution is 6.39. The number of carbonyl (C=O) groups excluding carboxylic acids is 2. The minimum Gasteiger partial charge on any atom is -0.467 e. The molecule has 0 saturated carbocycles. The molecule has 32 heavy (non-hydrogen) atoms. The lowest BCUT2D eigenvalue weighted by atomic mass is 10.0. The summed E-state index contributed by atoms with van der Waals surface area (Å²) < 4.78 is 10.1. The molecule has 0 aliphatic heterocycles. The summed E-state index contributed by atoms with van der Waals surface area (Å²) in [6.45, 7) is 5.25. The molecule has 3 aromatic rings. The Morgan fingerprint density at radius 3 is 2.38 bits per heavy atom. The first-order valence-corrected chi connectivity index (χ1v) is 10.7. The van der Waals surface area contributed by atoms with Crippen molar-refractivity contribution in [1.82, 2.24) is 10.3 Å². The van der Waals surface area contributed by atoms with Crippen LogP contribution >= 0.6 is 23.2 Å². The number of nitrogens with zero attached hydrogens (tertiary/aromatic N) is 1. The van der Waals surface area contributed by atoms with Crippen molar-refractivity contribution in [3.05, 3.63) is 64.1 Å². The second-order valence-electron chi connectivity index (χ2n) is 8.25. The molecule has 0 spiro atoms. The fourth-order valence-electron chi connectivity index (χ4n) is 3.20. The van der Waals surface area contributed by atoms with Gasteiger partial charge in [-0.05, 0) is 56.7 Å². The SMILES string of the molecule is COC(=O)C(Cc1ccc2nc(-c3c(Cl)cccc3Cl)ccc2c1)NC(=O)OC(C)(C)C. The van der Waals surface area contributed by atoms with Gasteiger partial charge in [0, 0.05) is 17.4 Å². The molecule has 1 unspecified atom stereocenters. The van der Waals surface area contributed by atoms with Crippen LogP contribution in [0.3, 0.4) is 0 Å². The zero-order valence-electron chi connectivity index (χ0n) is 18.2. The molecule has 1 heterocycles. The number of carbonyl (C=O) groups is 2. The van der Waals surface area contributed by atoms with E-state index in [2.05, 4.69) is 10.3 Å². The first kappa shape index (κ1) is 23.8. The van der Waals surface area contributed by atoms with Crippen LogP contribution in [0.1, 0.15) is 26.3 Å². The van der Waals surface area contributed by atoms with Crippen LogP contribution in [0.15, 0.2) is 48.5 Å². The van der Waals surface area contributed by atoms with E-state index < -0.39 is 23.7 Å². The topological polar surface area (TPSA) is 77.5 Å². The Hall–Kier alpha value is -2.83. The van der Waals surface area contributed by atoms with Crippen LogP contribution in [0.5, 0.6) is 0 Å². The fourth-order valence-corrected chi connectivity index (χ4v) is 3.80. The van der Waals surface area contributed by atoms with Gasteiger partial charge in [0.25, 0.3) is 0 Å². The normalized spacial score (nSPS) is 12.3. The Bertz CT molecular complexity index is 1140. The molecule has 0 aliphatic carbocycles. The molecule has 3 rings (SSSR count). The van der Waals surface area contributed by atoms with Crippen LogP contribution in [-0.4, -0.2) is 35.8 Å². The number of hydrogen-bond acceptors (Lipinski definition) is 5. The number of aromatic nitrogens is 1. The second kappa shape index (κ2) is 9.76. The Morgan fingerprint density at radius 1 is 1.06 bits per heavy atom. The number of halogens is 2. The van der Waals surface area contributed by atoms with Gasteiger partial charge in [0.05, 0.1) is 28.4 Å². The molecule has 0 fully saturated rings. The maximum absolute atomic E-state index is 12.2. The summed E-state index contributed by atoms with van der Waals surface area (Å²) >= 11 is 12.6. The van der Waals surface area contributed by atoms with Crippen molar-refractivity contribution in [2.45, 2.75) is 38.8 Å². The number of hydrogen-bond donors (Lipinski definition) is 1. The number of methoxy groups -OCH3 is 1. The Morgan fingerprint density at radius 2 is 1.75 bits per heavy atom. The third-order valence-corrected chi connectivity index (χ3v) is 5.22. The average molecular weight is 475 g/mol. The zero-order chi connectivity index (χ0) is 23.5. The lowest BCUT2D eigenvalue weighted by Gasteiger charge is -2.22. The van der Waals surface area contributed by atoms with E-state index in [0.29, 0.717) is 21.3 Å². The Balaban J connectivity index is 1.85. The van der Waals surface area contributed by atoms with E-state index in [-0.39, 0.29) is 6.42 Å². The number of fused-ring (bicyclic) bond motifs is 1. The molecule has 0 radical (unpaired) electrons. The number of nitrogens with one attached hydrogen (secondary N) is 1. The van der Waals surface area contributed by atoms with Gasteiger partial charge in [-0.3, -0.25) is 0 Å². The zero-order valence-corrected chi connectivity index (χ0v) is 19.8. The minimum atomic E-state index is -0.888. The third kappa shape index (κ3) is 5.90. The van der Waals surface area contributed by atoms with Crippen LogP contribution in [-0.2, 0) is 20.7 Å². The van der Waals surface area contributed by atoms with E-state index in [1.807, 2.05) is 30.3 Å². The summed E-state index contributed by atoms with van der Waals surface area (Å²) in [4.78, 5) is 29.0. The maximum atomic E-state index is 12.2. The molecule has 8 heteroatoms. The van der Waals surface area contributed by atoms with Gasteiger partial charge in [-0.2, -0.15) is 0 Å². The van der Waals surface area contributed by atoms with Crippen molar-refractivity contribution in [1.29, 1.82) is 0 Å². The van der Waals surface area contributed by atoms with Gasteiger partial charge in [-0.15, -0.1) is 0 Å². The van der Waals surface area contributed by atoms with Crippen LogP contribution in [0.25, 0.3) is 22.2 Å². The number of pyridine rings is 1. The van der Waals surface area contributed by atoms with E-state index in [1.165, 1.54) is 7.11 Å². The third-order valence-electron chi connectivity index (χ3n) is 4.59. The van der Waals surface area contributed by atoms with Crippen molar-refractivity contribution in [2.75, 3.05) is 7.11 Å². The summed E-state index contributed by atoms with van der Waals surface area (Å²) in [5.74, 6) is -0.558. The second-order valence-corrected chi connectivity index (χ2v) is 9.06. The molecule has 0 bridgehead atoms. The molecule has 1 aromatic heterocycles. The number of esters is 1. The number of rotatable bonds is 5. The lowest BCUT2D eigenvalue weighted by molar-refractivity contribution is -0.143. The molecular formula is C24H24Cl2N2O4. The van der Waals surface area contributed by atoms with Crippen LogP contribution in [0, 0.1) is 0 Å². The quantitative estimate of drug-likeness (QED) is 0.471. The highest BCUT2D eigenvalue weighted by Crippen LogP contribution is 2.34. The molecule has 1 atom stereocenters. The first-order valence-electron chi connectivity index (χ1n) is 9.99. The summed E-state index contributed by atoms with van der Waals surface area (Å²) in [6.07, 6.45) is -0.448. The van der Waals surface area contributed by atoms with E-state index in [4.69, 9.17) is 32.7 Å². The predicted octanol–water partition coefficient (Wildman–Crippen LogP) is 5.82. The van der Waals surface area contributed by atoms with Gasteiger partial charge < -0.3 is 14.8 Å². The van der Waals surface area contributed by atoms with E-state index in [9.17, 15) is 9.59 Å². The van der Waals surface area contributed by atoms with Crippen LogP contribution in [0.4, 0.5) is 4.79 Å². The Labute approximate surface area is 196 Å². The van der Waals surface area contributed by atoms with Crippen molar-refractivity contribution in [3.8, 4) is 11.3 Å². The van der Waals surface area contributed by atoms with Crippen molar-refractivity contribution < 1.29 is 19.1 Å². The molecular weight excluding hydrogens is 451 g/mol. The molecule has 2 aromatic carbocycles. The van der Waals surface area contributed by atoms with E-state index in [1.54, 1.807) is 39.0 Å². The fraction of sp³-hybridized carbons (Fsp3) is 0.292. The molecule has 1 amide bonds. The van der Waals surface area contributed by atoms with Gasteiger partial charge in [-0.25, -0.2) is 14.6 Å².